The van der Waals surface area contributed by atoms with Crippen LogP contribution in [0.1, 0.15) is 86.7 Å². The molecule has 2 fully saturated rings. The normalized spacial score (nSPS) is 33.3. The van der Waals surface area contributed by atoms with Crippen LogP contribution in [0, 0.1) is 29.6 Å². The van der Waals surface area contributed by atoms with Gasteiger partial charge in [0.1, 0.15) is 11.4 Å². The van der Waals surface area contributed by atoms with Crippen molar-refractivity contribution in [1.29, 1.82) is 0 Å². The minimum atomic E-state index is -3.99. The van der Waals surface area contributed by atoms with Crippen molar-refractivity contribution in [3.63, 3.8) is 0 Å². The molecule has 2 aromatic rings. The zero-order chi connectivity index (χ0) is 35.1. The number of carbonyl (C=O) groups is 1. The highest BCUT2D eigenvalue weighted by atomic mass is 35.5. The van der Waals surface area contributed by atoms with Crippen molar-refractivity contribution in [2.24, 2.45) is 17.8 Å². The second-order valence-corrected chi connectivity index (χ2v) is 18.0. The number of anilines is 1. The van der Waals surface area contributed by atoms with Crippen LogP contribution in [-0.2, 0) is 21.9 Å². The number of halogens is 1. The topological polar surface area (TPSA) is 99.2 Å². The quantitative estimate of drug-likeness (QED) is 0.272. The molecular formula is C40H50ClN3O5S. The number of fused-ring (bicyclic) bond motifs is 4. The van der Waals surface area contributed by atoms with Crippen LogP contribution in [0.2, 0.25) is 5.02 Å². The number of amides is 1. The van der Waals surface area contributed by atoms with E-state index in [9.17, 15) is 18.3 Å². The lowest BCUT2D eigenvalue weighted by Crippen LogP contribution is -2.52. The molecule has 268 valence electrons. The number of piperidine rings is 1. The van der Waals surface area contributed by atoms with Crippen molar-refractivity contribution in [3.05, 3.63) is 70.3 Å². The molecule has 8 nitrogen and oxygen atoms in total. The molecule has 2 bridgehead atoms. The fraction of sp³-hybridized carbons (Fsp3) is 0.575. The van der Waals surface area contributed by atoms with Gasteiger partial charge in [0.05, 0.1) is 24.1 Å². The molecule has 6 atom stereocenters. The minimum absolute atomic E-state index is 0.0931. The van der Waals surface area contributed by atoms with Crippen LogP contribution in [0.4, 0.5) is 5.69 Å². The van der Waals surface area contributed by atoms with Crippen molar-refractivity contribution in [2.75, 3.05) is 44.2 Å². The summed E-state index contributed by atoms with van der Waals surface area (Å²) in [5, 5.41) is 12.3. The maximum Gasteiger partial charge on any atom is 0.264 e. The number of nitrogens with one attached hydrogen (secondary N) is 1. The lowest BCUT2D eigenvalue weighted by Gasteiger charge is -2.47. The zero-order valence-corrected chi connectivity index (χ0v) is 30.9. The lowest BCUT2D eigenvalue weighted by atomic mass is 9.64. The van der Waals surface area contributed by atoms with Crippen LogP contribution < -0.4 is 14.4 Å². The average molecular weight is 720 g/mol. The summed E-state index contributed by atoms with van der Waals surface area (Å²) in [6.45, 7) is 7.96. The van der Waals surface area contributed by atoms with Gasteiger partial charge in [0, 0.05) is 35.0 Å². The van der Waals surface area contributed by atoms with Gasteiger partial charge in [0.2, 0.25) is 10.0 Å². The third-order valence-corrected chi connectivity index (χ3v) is 14.3. The Kier molecular flexibility index (Phi) is 10.0. The van der Waals surface area contributed by atoms with Gasteiger partial charge in [0.15, 0.2) is 0 Å². The third-order valence-electron chi connectivity index (χ3n) is 12.2. The molecule has 2 aliphatic carbocycles. The number of rotatable bonds is 1. The van der Waals surface area contributed by atoms with Gasteiger partial charge in [-0.2, -0.15) is 0 Å². The molecule has 1 amide bonds. The van der Waals surface area contributed by atoms with Gasteiger partial charge >= 0.3 is 0 Å². The van der Waals surface area contributed by atoms with Crippen LogP contribution >= 0.6 is 11.6 Å². The van der Waals surface area contributed by atoms with E-state index in [2.05, 4.69) is 38.5 Å². The molecule has 3 heterocycles. The fourth-order valence-electron chi connectivity index (χ4n) is 8.81. The largest absolute Gasteiger partial charge is 0.490 e. The standard InChI is InChI=1S/C40H50ClN3O5S/c1-28-9-6-18-40(46,19-8-22-43-20-4-3-5-21-43)35-14-11-32(35)25-44-26-39(17-7-10-30-23-33(41)13-15-34(30)39)27-49-37-16-12-31(24-36(37)44)38(45)42-50(47,48)29(28)2/h6,12-13,15-16,18,23-24,28-29,32,35,46H,3-5,7,9-11,14,17,20-22,25-27H2,1-2H3,(H,42,45)/b18-6+/t28-,29+,32-,35+,39-,40-/m0/s1. The molecule has 3 aliphatic heterocycles. The molecule has 5 aliphatic rings. The highest BCUT2D eigenvalue weighted by Gasteiger charge is 2.48. The van der Waals surface area contributed by atoms with Crippen LogP contribution in [0.15, 0.2) is 48.6 Å². The maximum atomic E-state index is 13.5. The Morgan fingerprint density at radius 1 is 1.08 bits per heavy atom. The summed E-state index contributed by atoms with van der Waals surface area (Å²) in [6, 6.07) is 11.4. The Bertz CT molecular complexity index is 1810. The molecule has 7 rings (SSSR count). The molecule has 0 radical (unpaired) electrons. The third kappa shape index (κ3) is 7.06. The van der Waals surface area contributed by atoms with Gasteiger partial charge in [-0.05, 0) is 131 Å². The van der Waals surface area contributed by atoms with E-state index in [0.29, 0.717) is 38.4 Å². The Morgan fingerprint density at radius 2 is 1.90 bits per heavy atom. The molecular weight excluding hydrogens is 670 g/mol. The molecule has 10 heteroatoms. The smallest absolute Gasteiger partial charge is 0.264 e. The number of allylic oxidation sites excluding steroid dienone is 1. The fourth-order valence-corrected chi connectivity index (χ4v) is 10.3. The van der Waals surface area contributed by atoms with E-state index >= 15 is 0 Å². The van der Waals surface area contributed by atoms with Gasteiger partial charge in [0.25, 0.3) is 5.91 Å². The summed E-state index contributed by atoms with van der Waals surface area (Å²) in [5.74, 6) is 6.45. The monoisotopic (exact) mass is 719 g/mol. The van der Waals surface area contributed by atoms with Gasteiger partial charge in [-0.1, -0.05) is 48.9 Å². The molecule has 1 saturated heterocycles. The van der Waals surface area contributed by atoms with Crippen molar-refractivity contribution < 1.29 is 23.1 Å². The Labute approximate surface area is 302 Å². The Hall–Kier alpha value is -3.03. The summed E-state index contributed by atoms with van der Waals surface area (Å²) in [4.78, 5) is 18.2. The molecule has 2 N–H and O–H groups in total. The number of hydrogen-bond acceptors (Lipinski definition) is 7. The number of benzene rings is 2. The number of carbonyl (C=O) groups excluding carboxylic acids is 1. The summed E-state index contributed by atoms with van der Waals surface area (Å²) >= 11 is 6.46. The van der Waals surface area contributed by atoms with Gasteiger partial charge < -0.3 is 14.7 Å². The molecule has 1 saturated carbocycles. The van der Waals surface area contributed by atoms with E-state index in [1.165, 1.54) is 30.4 Å². The van der Waals surface area contributed by atoms with E-state index in [-0.39, 0.29) is 28.7 Å². The van der Waals surface area contributed by atoms with Crippen LogP contribution in [0.25, 0.3) is 0 Å². The van der Waals surface area contributed by atoms with E-state index < -0.39 is 26.8 Å². The van der Waals surface area contributed by atoms with Crippen LogP contribution in [0.5, 0.6) is 5.75 Å². The Morgan fingerprint density at radius 3 is 2.68 bits per heavy atom. The molecule has 0 unspecified atom stereocenters. The predicted octanol–water partition coefficient (Wildman–Crippen LogP) is 6.10. The molecule has 2 aromatic carbocycles. The first-order chi connectivity index (χ1) is 24.0. The summed E-state index contributed by atoms with van der Waals surface area (Å²) in [5.41, 5.74) is 1.87. The number of nitrogens with zero attached hydrogens (tertiary/aromatic N) is 2. The highest BCUT2D eigenvalue weighted by molar-refractivity contribution is 7.90. The average Bonchev–Trinajstić information content (AvgIpc) is 3.22. The van der Waals surface area contributed by atoms with Crippen LogP contribution in [-0.4, -0.2) is 74.5 Å². The SMILES string of the molecule is C[C@@H]1[C@@H](C)C/C=C/[C@](O)(C#CCN2CCCCC2)[C@@H]2CC[C@H]2CN2C[C@@]3(CCCc4cc(Cl)ccc43)COc3ccc(cc32)C(=O)NS1(=O)=O. The summed E-state index contributed by atoms with van der Waals surface area (Å²) in [7, 11) is -3.99. The molecule has 0 aromatic heterocycles. The number of hydrogen-bond donors (Lipinski definition) is 2. The second kappa shape index (κ2) is 14.2. The van der Waals surface area contributed by atoms with E-state index in [1.54, 1.807) is 25.1 Å². The van der Waals surface area contributed by atoms with Crippen molar-refractivity contribution in [2.45, 2.75) is 87.9 Å². The number of aliphatic hydroxyl groups is 1. The van der Waals surface area contributed by atoms with E-state index in [1.807, 2.05) is 25.1 Å². The van der Waals surface area contributed by atoms with Crippen molar-refractivity contribution in [3.8, 4) is 17.6 Å². The highest BCUT2D eigenvalue weighted by Crippen LogP contribution is 2.48. The summed E-state index contributed by atoms with van der Waals surface area (Å²) in [6.07, 6.45) is 12.5. The van der Waals surface area contributed by atoms with Gasteiger partial charge in [-0.25, -0.2) is 13.1 Å². The lowest BCUT2D eigenvalue weighted by molar-refractivity contribution is -0.00329. The van der Waals surface area contributed by atoms with Crippen LogP contribution in [0.3, 0.4) is 0 Å². The predicted molar refractivity (Wildman–Crippen MR) is 198 cm³/mol. The minimum Gasteiger partial charge on any atom is -0.490 e. The number of aryl methyl sites for hydroxylation is 1. The van der Waals surface area contributed by atoms with Crippen molar-refractivity contribution >= 4 is 33.2 Å². The second-order valence-electron chi connectivity index (χ2n) is 15.5. The molecule has 50 heavy (non-hydrogen) atoms. The first-order valence-electron chi connectivity index (χ1n) is 18.5. The first-order valence-corrected chi connectivity index (χ1v) is 20.4. The number of likely N-dealkylation sites (tertiary alicyclic amines) is 1. The van der Waals surface area contributed by atoms with Gasteiger partial charge in [-0.15, -0.1) is 0 Å². The molecule has 1 spiro atoms. The zero-order valence-electron chi connectivity index (χ0n) is 29.3. The van der Waals surface area contributed by atoms with E-state index in [0.717, 1.165) is 55.9 Å². The number of sulfonamides is 1. The van der Waals surface area contributed by atoms with Crippen molar-refractivity contribution in [1.82, 2.24) is 9.62 Å². The van der Waals surface area contributed by atoms with Gasteiger partial charge in [-0.3, -0.25) is 9.69 Å². The summed E-state index contributed by atoms with van der Waals surface area (Å²) < 4.78 is 35.9. The number of ether oxygens (including phenoxy) is 1. The van der Waals surface area contributed by atoms with E-state index in [4.69, 9.17) is 16.3 Å². The Balaban J connectivity index is 1.29. The first kappa shape index (κ1) is 35.4. The maximum absolute atomic E-state index is 13.5.